The predicted molar refractivity (Wildman–Crippen MR) is 104 cm³/mol. The van der Waals surface area contributed by atoms with Gasteiger partial charge in [0.1, 0.15) is 5.82 Å². The van der Waals surface area contributed by atoms with Crippen LogP contribution in [0.2, 0.25) is 0 Å². The Hall–Kier alpha value is -2.78. The summed E-state index contributed by atoms with van der Waals surface area (Å²) in [5.41, 5.74) is -0.224. The van der Waals surface area contributed by atoms with E-state index < -0.39 is 11.7 Å². The minimum absolute atomic E-state index is 0.0632. The molecule has 1 aliphatic rings. The van der Waals surface area contributed by atoms with Crippen LogP contribution in [-0.2, 0) is 32.2 Å². The molecular weight excluding hydrogens is 385 g/mol. The number of rotatable bonds is 6. The van der Waals surface area contributed by atoms with Crippen molar-refractivity contribution in [2.24, 2.45) is 4.99 Å². The Labute approximate surface area is 166 Å². The van der Waals surface area contributed by atoms with Gasteiger partial charge in [-0.15, -0.1) is 0 Å². The Morgan fingerprint density at radius 3 is 2.83 bits per heavy atom. The highest BCUT2D eigenvalue weighted by Crippen LogP contribution is 2.29. The number of benzene rings is 1. The van der Waals surface area contributed by atoms with E-state index >= 15 is 0 Å². The fourth-order valence-corrected chi connectivity index (χ4v) is 3.29. The van der Waals surface area contributed by atoms with E-state index in [1.165, 1.54) is 10.7 Å². The van der Waals surface area contributed by atoms with Crippen LogP contribution in [0.3, 0.4) is 0 Å². The predicted octanol–water partition coefficient (Wildman–Crippen LogP) is 2.16. The first-order valence-corrected chi connectivity index (χ1v) is 9.65. The zero-order valence-electron chi connectivity index (χ0n) is 16.3. The molecule has 0 radical (unpaired) electrons. The van der Waals surface area contributed by atoms with Crippen LogP contribution in [0.4, 0.5) is 13.2 Å². The Balaban J connectivity index is 1.46. The summed E-state index contributed by atoms with van der Waals surface area (Å²) in [5.74, 6) is 1.34. The molecule has 0 spiro atoms. The first-order chi connectivity index (χ1) is 13.9. The summed E-state index contributed by atoms with van der Waals surface area (Å²) in [6, 6.07) is 5.18. The first-order valence-electron chi connectivity index (χ1n) is 9.65. The van der Waals surface area contributed by atoms with Crippen LogP contribution in [0.5, 0.6) is 0 Å². The summed E-state index contributed by atoms with van der Waals surface area (Å²) in [5, 5.41) is 10.5. The average molecular weight is 410 g/mol. The van der Waals surface area contributed by atoms with Crippen molar-refractivity contribution >= 4 is 5.96 Å². The first kappa shape index (κ1) is 20.9. The molecule has 0 saturated carbocycles. The second kappa shape index (κ2) is 9.15. The minimum Gasteiger partial charge on any atom is -0.356 e. The molecule has 29 heavy (non-hydrogen) atoms. The smallest absolute Gasteiger partial charge is 0.356 e. The van der Waals surface area contributed by atoms with Gasteiger partial charge in [-0.3, -0.25) is 9.56 Å². The zero-order valence-corrected chi connectivity index (χ0v) is 16.3. The summed E-state index contributed by atoms with van der Waals surface area (Å²) >= 11 is 0. The third-order valence-electron chi connectivity index (χ3n) is 4.81. The van der Waals surface area contributed by atoms with Gasteiger partial charge in [-0.2, -0.15) is 18.3 Å². The maximum absolute atomic E-state index is 12.8. The maximum atomic E-state index is 12.8. The van der Waals surface area contributed by atoms with Crippen molar-refractivity contribution in [3.8, 4) is 0 Å². The molecule has 0 bridgehead atoms. The number of guanidine groups is 1. The molecular formula is C19H25F3N6O. The summed E-state index contributed by atoms with van der Waals surface area (Å²) in [7, 11) is 1.59. The Bertz CT molecular complexity index is 915. The monoisotopic (exact) mass is 410 g/mol. The molecule has 0 amide bonds. The number of hydrogen-bond donors (Lipinski definition) is 2. The average Bonchev–Trinajstić information content (AvgIpc) is 3.03. The van der Waals surface area contributed by atoms with Crippen LogP contribution >= 0.6 is 0 Å². The van der Waals surface area contributed by atoms with Crippen LogP contribution in [0.1, 0.15) is 36.2 Å². The highest BCUT2D eigenvalue weighted by Gasteiger charge is 2.30. The van der Waals surface area contributed by atoms with Gasteiger partial charge >= 0.3 is 11.9 Å². The summed E-state index contributed by atoms with van der Waals surface area (Å²) in [6.07, 6.45) is -0.784. The molecule has 2 heterocycles. The normalized spacial score (nSPS) is 14.6. The fourth-order valence-electron chi connectivity index (χ4n) is 3.29. The summed E-state index contributed by atoms with van der Waals surface area (Å²) in [4.78, 5) is 16.4. The van der Waals surface area contributed by atoms with Gasteiger partial charge in [0.15, 0.2) is 5.96 Å². The number of halogens is 3. The van der Waals surface area contributed by atoms with E-state index in [4.69, 9.17) is 0 Å². The Morgan fingerprint density at radius 1 is 1.28 bits per heavy atom. The van der Waals surface area contributed by atoms with Gasteiger partial charge in [0.05, 0.1) is 5.56 Å². The van der Waals surface area contributed by atoms with Gasteiger partial charge in [-0.25, -0.2) is 9.48 Å². The van der Waals surface area contributed by atoms with Crippen LogP contribution in [0.15, 0.2) is 34.1 Å². The molecule has 0 atom stereocenters. The topological polar surface area (TPSA) is 76.2 Å². The maximum Gasteiger partial charge on any atom is 0.416 e. The van der Waals surface area contributed by atoms with Crippen molar-refractivity contribution in [3.63, 3.8) is 0 Å². The van der Waals surface area contributed by atoms with E-state index in [0.717, 1.165) is 43.8 Å². The number of nitrogens with zero attached hydrogens (tertiary/aromatic N) is 4. The van der Waals surface area contributed by atoms with E-state index in [1.807, 2.05) is 0 Å². The molecule has 0 aliphatic carbocycles. The number of aryl methyl sites for hydroxylation is 2. The third-order valence-corrected chi connectivity index (χ3v) is 4.81. The molecule has 0 fully saturated rings. The number of alkyl halides is 3. The van der Waals surface area contributed by atoms with Gasteiger partial charge in [-0.05, 0) is 37.0 Å². The van der Waals surface area contributed by atoms with E-state index in [9.17, 15) is 18.0 Å². The van der Waals surface area contributed by atoms with Crippen molar-refractivity contribution < 1.29 is 13.2 Å². The van der Waals surface area contributed by atoms with E-state index in [2.05, 4.69) is 20.7 Å². The second-order valence-corrected chi connectivity index (χ2v) is 6.93. The minimum atomic E-state index is -4.36. The molecule has 2 aromatic rings. The standard InChI is InChI=1S/C19H25F3N6O/c1-23-17(25-13-14-6-4-7-15(12-14)19(20,21)22)24-9-5-11-28-18(29)27-10-3-2-8-16(27)26-28/h4,6-7,12H,2-3,5,8-11,13H2,1H3,(H2,23,24,25). The molecule has 1 aliphatic heterocycles. The lowest BCUT2D eigenvalue weighted by Crippen LogP contribution is -2.38. The van der Waals surface area contributed by atoms with E-state index in [0.29, 0.717) is 31.0 Å². The molecule has 7 nitrogen and oxygen atoms in total. The fraction of sp³-hybridized carbons (Fsp3) is 0.526. The molecule has 158 valence electrons. The number of aliphatic imine (C=N–C) groups is 1. The largest absolute Gasteiger partial charge is 0.416 e. The number of hydrogen-bond acceptors (Lipinski definition) is 3. The molecule has 1 aromatic heterocycles. The molecule has 10 heteroatoms. The summed E-state index contributed by atoms with van der Waals surface area (Å²) in [6.45, 7) is 2.00. The summed E-state index contributed by atoms with van der Waals surface area (Å²) < 4.78 is 41.6. The molecule has 2 N–H and O–H groups in total. The molecule has 3 rings (SSSR count). The number of aromatic nitrogens is 3. The van der Waals surface area contributed by atoms with Crippen molar-refractivity contribution in [1.29, 1.82) is 0 Å². The van der Waals surface area contributed by atoms with Crippen molar-refractivity contribution in [3.05, 3.63) is 51.7 Å². The van der Waals surface area contributed by atoms with Gasteiger partial charge in [0.25, 0.3) is 0 Å². The number of nitrogens with one attached hydrogen (secondary N) is 2. The molecule has 0 saturated heterocycles. The SMILES string of the molecule is CN=C(NCCCn1nc2n(c1=O)CCCC2)NCc1cccc(C(F)(F)F)c1. The van der Waals surface area contributed by atoms with Crippen molar-refractivity contribution in [1.82, 2.24) is 25.0 Å². The van der Waals surface area contributed by atoms with Gasteiger partial charge in [0, 0.05) is 39.6 Å². The van der Waals surface area contributed by atoms with Crippen LogP contribution in [0.25, 0.3) is 0 Å². The highest BCUT2D eigenvalue weighted by atomic mass is 19.4. The zero-order chi connectivity index (χ0) is 20.9. The molecule has 0 unspecified atom stereocenters. The Morgan fingerprint density at radius 2 is 2.10 bits per heavy atom. The van der Waals surface area contributed by atoms with Gasteiger partial charge < -0.3 is 10.6 Å². The van der Waals surface area contributed by atoms with Crippen LogP contribution in [0, 0.1) is 0 Å². The van der Waals surface area contributed by atoms with Crippen LogP contribution < -0.4 is 16.3 Å². The second-order valence-electron chi connectivity index (χ2n) is 6.93. The van der Waals surface area contributed by atoms with Crippen LogP contribution in [-0.4, -0.2) is 33.9 Å². The third kappa shape index (κ3) is 5.39. The van der Waals surface area contributed by atoms with Gasteiger partial charge in [-0.1, -0.05) is 12.1 Å². The number of fused-ring (bicyclic) bond motifs is 1. The van der Waals surface area contributed by atoms with Crippen molar-refractivity contribution in [2.75, 3.05) is 13.6 Å². The lowest BCUT2D eigenvalue weighted by atomic mass is 10.1. The van der Waals surface area contributed by atoms with Crippen molar-refractivity contribution in [2.45, 2.75) is 51.5 Å². The van der Waals surface area contributed by atoms with E-state index in [-0.39, 0.29) is 12.2 Å². The lowest BCUT2D eigenvalue weighted by molar-refractivity contribution is -0.137. The van der Waals surface area contributed by atoms with Gasteiger partial charge in [0.2, 0.25) is 0 Å². The highest BCUT2D eigenvalue weighted by molar-refractivity contribution is 5.79. The molecule has 1 aromatic carbocycles. The van der Waals surface area contributed by atoms with E-state index in [1.54, 1.807) is 17.7 Å². The Kier molecular flexibility index (Phi) is 6.60. The quantitative estimate of drug-likeness (QED) is 0.435. The lowest BCUT2D eigenvalue weighted by Gasteiger charge is -2.13.